The Hall–Kier alpha value is -4.53. The lowest BCUT2D eigenvalue weighted by atomic mass is 9.97. The van der Waals surface area contributed by atoms with Gasteiger partial charge in [0, 0.05) is 17.7 Å². The number of fused-ring (bicyclic) bond motifs is 2. The fourth-order valence-electron chi connectivity index (χ4n) is 5.48. The van der Waals surface area contributed by atoms with E-state index in [1.54, 1.807) is 39.0 Å². The highest BCUT2D eigenvalue weighted by Gasteiger charge is 2.51. The third-order valence-corrected chi connectivity index (χ3v) is 7.30. The number of benzene rings is 3. The summed E-state index contributed by atoms with van der Waals surface area (Å²) in [6.07, 6.45) is -0.0701. The van der Waals surface area contributed by atoms with Gasteiger partial charge < -0.3 is 29.7 Å². The summed E-state index contributed by atoms with van der Waals surface area (Å²) in [6.45, 7) is 5.66. The third-order valence-electron chi connectivity index (χ3n) is 7.30. The Bertz CT molecular complexity index is 1410. The van der Waals surface area contributed by atoms with Gasteiger partial charge in [-0.1, -0.05) is 66.7 Å². The van der Waals surface area contributed by atoms with Gasteiger partial charge in [0.1, 0.15) is 17.7 Å². The minimum Gasteiger partial charge on any atom is -0.444 e. The standard InChI is InChI=1S/C31H31N3O6/c1-30(2,3)40-29(37)33-25(28(36)34-17-16-22-26(34)27(35)32-22)19-14-15-23-24(18-19)39-31(38-23,20-10-6-4-7-11-20)21-12-8-5-9-13-21/h4-15,18,22,25-26H,16-17H2,1-3H3,(H,32,35)(H,33,37)/t22-,25-,26+/m1/s1. The van der Waals surface area contributed by atoms with Crippen molar-refractivity contribution in [3.05, 3.63) is 95.6 Å². The maximum absolute atomic E-state index is 13.9. The van der Waals surface area contributed by atoms with Gasteiger partial charge in [-0.2, -0.15) is 0 Å². The number of amides is 3. The Morgan fingerprint density at radius 1 is 0.975 bits per heavy atom. The highest BCUT2D eigenvalue weighted by molar-refractivity contribution is 5.96. The van der Waals surface area contributed by atoms with Gasteiger partial charge >= 0.3 is 11.9 Å². The van der Waals surface area contributed by atoms with E-state index in [9.17, 15) is 14.4 Å². The Morgan fingerprint density at radius 2 is 1.60 bits per heavy atom. The molecule has 0 bridgehead atoms. The van der Waals surface area contributed by atoms with Crippen molar-refractivity contribution in [2.75, 3.05) is 6.54 Å². The number of nitrogens with one attached hydrogen (secondary N) is 2. The summed E-state index contributed by atoms with van der Waals surface area (Å²) in [5.74, 6) is -0.875. The predicted octanol–water partition coefficient (Wildman–Crippen LogP) is 4.02. The van der Waals surface area contributed by atoms with Gasteiger partial charge in [0.25, 0.3) is 5.91 Å². The first kappa shape index (κ1) is 25.7. The van der Waals surface area contributed by atoms with E-state index in [0.717, 1.165) is 11.1 Å². The van der Waals surface area contributed by atoms with E-state index in [1.807, 2.05) is 60.7 Å². The molecule has 3 amide bonds. The number of carbonyl (C=O) groups excluding carboxylic acids is 3. The quantitative estimate of drug-likeness (QED) is 0.473. The van der Waals surface area contributed by atoms with Crippen LogP contribution in [0.4, 0.5) is 4.79 Å². The number of hydrogen-bond donors (Lipinski definition) is 2. The van der Waals surface area contributed by atoms with Crippen molar-refractivity contribution in [1.29, 1.82) is 0 Å². The summed E-state index contributed by atoms with van der Waals surface area (Å²) in [5, 5.41) is 5.57. The summed E-state index contributed by atoms with van der Waals surface area (Å²) >= 11 is 0. The minimum absolute atomic E-state index is 0.0623. The number of carbonyl (C=O) groups is 3. The van der Waals surface area contributed by atoms with Gasteiger partial charge in [0.05, 0.1) is 6.04 Å². The maximum Gasteiger partial charge on any atom is 0.408 e. The number of alkyl carbamates (subject to hydrolysis) is 1. The average Bonchev–Trinajstić information content (AvgIpc) is 3.49. The number of likely N-dealkylation sites (tertiary alicyclic amines) is 1. The Balaban J connectivity index is 1.35. The molecule has 2 fully saturated rings. The van der Waals surface area contributed by atoms with Crippen molar-refractivity contribution in [2.45, 2.75) is 56.7 Å². The van der Waals surface area contributed by atoms with Gasteiger partial charge in [-0.05, 0) is 44.9 Å². The molecule has 0 unspecified atom stereocenters. The molecule has 0 spiro atoms. The molecule has 3 heterocycles. The van der Waals surface area contributed by atoms with Crippen LogP contribution in [0.2, 0.25) is 0 Å². The van der Waals surface area contributed by atoms with Gasteiger partial charge in [-0.15, -0.1) is 0 Å². The van der Waals surface area contributed by atoms with Gasteiger partial charge in [0.2, 0.25) is 5.91 Å². The predicted molar refractivity (Wildman–Crippen MR) is 146 cm³/mol. The Labute approximate surface area is 232 Å². The molecule has 0 saturated carbocycles. The molecule has 3 aromatic carbocycles. The fraction of sp³-hybridized carbons (Fsp3) is 0.323. The van der Waals surface area contributed by atoms with Gasteiger partial charge in [-0.25, -0.2) is 4.79 Å². The van der Waals surface area contributed by atoms with Gasteiger partial charge in [-0.3, -0.25) is 9.59 Å². The fourth-order valence-corrected chi connectivity index (χ4v) is 5.48. The largest absolute Gasteiger partial charge is 0.444 e. The highest BCUT2D eigenvalue weighted by Crippen LogP contribution is 2.48. The van der Waals surface area contributed by atoms with E-state index in [1.165, 1.54) is 4.90 Å². The lowest BCUT2D eigenvalue weighted by molar-refractivity contribution is -0.145. The van der Waals surface area contributed by atoms with Crippen LogP contribution in [0.15, 0.2) is 78.9 Å². The summed E-state index contributed by atoms with van der Waals surface area (Å²) in [6, 6.07) is 22.7. The second kappa shape index (κ2) is 9.59. The van der Waals surface area contributed by atoms with Crippen LogP contribution >= 0.6 is 0 Å². The molecular weight excluding hydrogens is 510 g/mol. The lowest BCUT2D eigenvalue weighted by Crippen LogP contribution is -2.65. The van der Waals surface area contributed by atoms with Crippen molar-refractivity contribution in [1.82, 2.24) is 15.5 Å². The molecule has 2 N–H and O–H groups in total. The van der Waals surface area contributed by atoms with Gasteiger partial charge in [0.15, 0.2) is 11.5 Å². The van der Waals surface area contributed by atoms with Crippen molar-refractivity contribution < 1.29 is 28.6 Å². The molecule has 0 aliphatic carbocycles. The lowest BCUT2D eigenvalue weighted by Gasteiger charge is -2.37. The van der Waals surface area contributed by atoms with Crippen molar-refractivity contribution >= 4 is 17.9 Å². The van der Waals surface area contributed by atoms with Crippen LogP contribution in [-0.4, -0.2) is 47.0 Å². The number of nitrogens with zero attached hydrogens (tertiary/aromatic N) is 1. The number of rotatable bonds is 5. The monoisotopic (exact) mass is 541 g/mol. The molecule has 6 rings (SSSR count). The molecule has 3 aromatic rings. The third kappa shape index (κ3) is 4.51. The maximum atomic E-state index is 13.9. The summed E-state index contributed by atoms with van der Waals surface area (Å²) in [7, 11) is 0. The topological polar surface area (TPSA) is 106 Å². The molecule has 9 nitrogen and oxygen atoms in total. The summed E-state index contributed by atoms with van der Waals surface area (Å²) < 4.78 is 18.5. The first-order chi connectivity index (χ1) is 19.1. The molecule has 3 atom stereocenters. The number of β-lactam (4-membered cyclic amide) rings is 1. The van der Waals surface area contributed by atoms with Crippen LogP contribution in [0.25, 0.3) is 0 Å². The minimum atomic E-state index is -1.23. The van der Waals surface area contributed by atoms with E-state index < -0.39 is 29.6 Å². The zero-order valence-electron chi connectivity index (χ0n) is 22.5. The molecule has 0 aromatic heterocycles. The van der Waals surface area contributed by atoms with Crippen LogP contribution < -0.4 is 20.1 Å². The molecule has 3 aliphatic rings. The Morgan fingerprint density at radius 3 is 2.20 bits per heavy atom. The second-order valence-electron chi connectivity index (χ2n) is 11.2. The molecule has 206 valence electrons. The van der Waals surface area contributed by atoms with Crippen molar-refractivity contribution in [3.8, 4) is 11.5 Å². The molecule has 2 saturated heterocycles. The second-order valence-corrected chi connectivity index (χ2v) is 11.2. The van der Waals surface area contributed by atoms with E-state index in [2.05, 4.69) is 10.6 Å². The summed E-state index contributed by atoms with van der Waals surface area (Å²) in [4.78, 5) is 40.5. The number of ether oxygens (including phenoxy) is 3. The first-order valence-electron chi connectivity index (χ1n) is 13.4. The van der Waals surface area contributed by atoms with E-state index in [4.69, 9.17) is 14.2 Å². The number of hydrogen-bond acceptors (Lipinski definition) is 6. The Kier molecular flexibility index (Phi) is 6.17. The molecule has 9 heteroatoms. The average molecular weight is 542 g/mol. The summed E-state index contributed by atoms with van der Waals surface area (Å²) in [5.41, 5.74) is 1.33. The van der Waals surface area contributed by atoms with E-state index in [-0.39, 0.29) is 17.9 Å². The van der Waals surface area contributed by atoms with E-state index >= 15 is 0 Å². The van der Waals surface area contributed by atoms with Crippen LogP contribution in [0.5, 0.6) is 11.5 Å². The van der Waals surface area contributed by atoms with E-state index in [0.29, 0.717) is 30.0 Å². The highest BCUT2D eigenvalue weighted by atomic mass is 16.7. The van der Waals surface area contributed by atoms with Crippen molar-refractivity contribution in [3.63, 3.8) is 0 Å². The SMILES string of the molecule is CC(C)(C)OC(=O)N[C@@H](C(=O)N1CC[C@H]2NC(=O)[C@H]21)c1ccc2c(c1)OC(c1ccccc1)(c1ccccc1)O2. The van der Waals surface area contributed by atoms with Crippen LogP contribution in [0.1, 0.15) is 49.9 Å². The molecule has 0 radical (unpaired) electrons. The zero-order chi connectivity index (χ0) is 28.1. The van der Waals surface area contributed by atoms with Crippen LogP contribution in [-0.2, 0) is 20.1 Å². The molecule has 3 aliphatic heterocycles. The normalized spacial score (nSPS) is 21.1. The first-order valence-corrected chi connectivity index (χ1v) is 13.4. The smallest absolute Gasteiger partial charge is 0.408 e. The van der Waals surface area contributed by atoms with Crippen LogP contribution in [0.3, 0.4) is 0 Å². The van der Waals surface area contributed by atoms with Crippen LogP contribution in [0, 0.1) is 0 Å². The molecular formula is C31H31N3O6. The molecule has 40 heavy (non-hydrogen) atoms. The zero-order valence-corrected chi connectivity index (χ0v) is 22.5. The van der Waals surface area contributed by atoms with Crippen molar-refractivity contribution in [2.24, 2.45) is 0 Å².